The fraction of sp³-hybridized carbons (Fsp3) is 0.476. The Labute approximate surface area is 332 Å². The zero-order valence-corrected chi connectivity index (χ0v) is 33.4. The first kappa shape index (κ1) is 47.4. The Morgan fingerprint density at radius 3 is 1.56 bits per heavy atom. The molecule has 0 aliphatic rings. The third kappa shape index (κ3) is 16.5. The van der Waals surface area contributed by atoms with Crippen LogP contribution < -0.4 is 9.47 Å². The summed E-state index contributed by atoms with van der Waals surface area (Å²) in [4.78, 5) is 74.0. The maximum Gasteiger partial charge on any atom is 0.417 e. The minimum atomic E-state index is -1.77. The van der Waals surface area contributed by atoms with E-state index in [0.29, 0.717) is 17.7 Å². The van der Waals surface area contributed by atoms with Crippen molar-refractivity contribution in [2.75, 3.05) is 46.2 Å². The molecular formula is C42H53FO14. The number of hydrogen-bond donors (Lipinski definition) is 0. The lowest BCUT2D eigenvalue weighted by Crippen LogP contribution is -2.45. The normalized spacial score (nSPS) is 10.8. The third-order valence-corrected chi connectivity index (χ3v) is 8.08. The van der Waals surface area contributed by atoms with Gasteiger partial charge in [-0.3, -0.25) is 0 Å². The van der Waals surface area contributed by atoms with Crippen molar-refractivity contribution in [3.63, 3.8) is 0 Å². The van der Waals surface area contributed by atoms with E-state index in [1.54, 1.807) is 18.2 Å². The highest BCUT2D eigenvalue weighted by Crippen LogP contribution is 2.32. The fourth-order valence-electron chi connectivity index (χ4n) is 4.90. The highest BCUT2D eigenvalue weighted by molar-refractivity contribution is 6.30. The highest BCUT2D eigenvalue weighted by Gasteiger charge is 2.39. The molecule has 15 heteroatoms. The van der Waals surface area contributed by atoms with Crippen molar-refractivity contribution in [3.8, 4) is 22.6 Å². The van der Waals surface area contributed by atoms with Crippen LogP contribution in [0.15, 0.2) is 60.7 Å². The quantitative estimate of drug-likeness (QED) is 0.0367. The molecule has 0 aliphatic carbocycles. The van der Waals surface area contributed by atoms with Gasteiger partial charge in [-0.1, -0.05) is 64.3 Å². The van der Waals surface area contributed by atoms with Gasteiger partial charge in [0.25, 0.3) is 0 Å². The van der Waals surface area contributed by atoms with Gasteiger partial charge < -0.3 is 37.9 Å². The maximum absolute atomic E-state index is 15.2. The van der Waals surface area contributed by atoms with Gasteiger partial charge in [-0.25, -0.2) is 33.2 Å². The molecule has 0 aromatic heterocycles. The molecule has 2 aromatic carbocycles. The number of rotatable bonds is 24. The Bertz CT molecular complexity index is 1700. The molecule has 0 heterocycles. The van der Waals surface area contributed by atoms with Crippen LogP contribution in [0.3, 0.4) is 0 Å². The predicted octanol–water partition coefficient (Wildman–Crippen LogP) is 6.55. The average Bonchev–Trinajstić information content (AvgIpc) is 3.19. The molecule has 0 saturated carbocycles. The maximum atomic E-state index is 15.2. The van der Waals surface area contributed by atoms with Crippen molar-refractivity contribution in [2.24, 2.45) is 5.41 Å². The van der Waals surface area contributed by atoms with E-state index >= 15 is 4.39 Å². The molecular weight excluding hydrogens is 747 g/mol. The Kier molecular flexibility index (Phi) is 20.6. The smallest absolute Gasteiger partial charge is 0.417 e. The molecule has 2 rings (SSSR count). The number of unbranched alkanes of at least 4 members (excludes halogenated alkanes) is 5. The van der Waals surface area contributed by atoms with E-state index in [2.05, 4.69) is 20.1 Å². The van der Waals surface area contributed by atoms with Crippen molar-refractivity contribution in [2.45, 2.75) is 79.8 Å². The monoisotopic (exact) mass is 800 g/mol. The number of carbonyl (C=O) groups excluding carboxylic acids is 6. The summed E-state index contributed by atoms with van der Waals surface area (Å²) < 4.78 is 57.6. The van der Waals surface area contributed by atoms with Crippen LogP contribution in [0.5, 0.6) is 11.5 Å². The lowest BCUT2D eigenvalue weighted by atomic mass is 9.92. The van der Waals surface area contributed by atoms with Gasteiger partial charge in [-0.15, -0.1) is 0 Å². The van der Waals surface area contributed by atoms with Crippen LogP contribution in [0.2, 0.25) is 0 Å². The second-order valence-corrected chi connectivity index (χ2v) is 13.2. The minimum absolute atomic E-state index is 0.00268. The molecule has 0 N–H and O–H groups in total. The summed E-state index contributed by atoms with van der Waals surface area (Å²) in [5, 5.41) is 0. The summed E-state index contributed by atoms with van der Waals surface area (Å²) in [5.74, 6) is -7.40. The van der Waals surface area contributed by atoms with Crippen molar-refractivity contribution < 1.29 is 71.1 Å². The molecule has 0 radical (unpaired) electrons. The van der Waals surface area contributed by atoms with Crippen molar-refractivity contribution in [1.29, 1.82) is 0 Å². The Hall–Kier alpha value is -5.73. The van der Waals surface area contributed by atoms with E-state index in [1.807, 2.05) is 0 Å². The van der Waals surface area contributed by atoms with Crippen LogP contribution in [-0.2, 0) is 63.8 Å². The van der Waals surface area contributed by atoms with Crippen LogP contribution in [0.1, 0.15) is 78.7 Å². The molecule has 14 nitrogen and oxygen atoms in total. The van der Waals surface area contributed by atoms with Crippen LogP contribution in [0, 0.1) is 11.2 Å². The molecule has 0 bridgehead atoms. The summed E-state index contributed by atoms with van der Waals surface area (Å²) in [5.41, 5.74) is -0.380. The number of carbonyl (C=O) groups is 6. The standard InChI is InChI=1S/C42H53FO14/c1-8-11-12-13-14-15-20-52-35-19-17-31(22-33(35)43)30-16-18-34(32(21-30)23-53-36(44)28(4)5)54-24-42(25-55-37(45)29(6)7,26-56-40(48)38(46)50-9-2)27-57-41(49)39(47)51-10-3/h16-19,21-22H,4,6,8-15,20,23-27H2,1-3,5,7H3. The minimum Gasteiger partial charge on any atom is -0.492 e. The van der Waals surface area contributed by atoms with E-state index in [1.165, 1.54) is 52.3 Å². The molecule has 0 atom stereocenters. The average molecular weight is 801 g/mol. The number of benzene rings is 2. The molecule has 0 amide bonds. The van der Waals surface area contributed by atoms with Crippen LogP contribution >= 0.6 is 0 Å². The van der Waals surface area contributed by atoms with Gasteiger partial charge in [0.2, 0.25) is 0 Å². The zero-order chi connectivity index (χ0) is 42.4. The highest BCUT2D eigenvalue weighted by atomic mass is 19.1. The summed E-state index contributed by atoms with van der Waals surface area (Å²) in [6, 6.07) is 9.22. The molecule has 0 saturated heterocycles. The second-order valence-electron chi connectivity index (χ2n) is 13.2. The molecule has 0 aliphatic heterocycles. The van der Waals surface area contributed by atoms with Crippen LogP contribution in [0.4, 0.5) is 4.39 Å². The Morgan fingerprint density at radius 1 is 0.561 bits per heavy atom. The zero-order valence-electron chi connectivity index (χ0n) is 33.4. The van der Waals surface area contributed by atoms with Gasteiger partial charge in [0.15, 0.2) is 11.6 Å². The van der Waals surface area contributed by atoms with Crippen LogP contribution in [0.25, 0.3) is 11.1 Å². The number of ether oxygens (including phenoxy) is 8. The summed E-state index contributed by atoms with van der Waals surface area (Å²) >= 11 is 0. The number of esters is 6. The van der Waals surface area contributed by atoms with E-state index < -0.39 is 73.5 Å². The fourth-order valence-corrected chi connectivity index (χ4v) is 4.90. The van der Waals surface area contributed by atoms with Gasteiger partial charge in [0.1, 0.15) is 44.2 Å². The van der Waals surface area contributed by atoms with E-state index in [-0.39, 0.29) is 48.0 Å². The Morgan fingerprint density at radius 2 is 1.04 bits per heavy atom. The lowest BCUT2D eigenvalue weighted by Gasteiger charge is -2.32. The molecule has 0 spiro atoms. The first-order valence-electron chi connectivity index (χ1n) is 18.7. The SMILES string of the molecule is C=C(C)C(=O)OCc1cc(-c2ccc(OCCCCCCCC)c(F)c2)ccc1OCC(COC(=O)C(=C)C)(COC(=O)C(=O)OCC)COC(=O)C(=O)OCC. The van der Waals surface area contributed by atoms with E-state index in [9.17, 15) is 28.8 Å². The van der Waals surface area contributed by atoms with E-state index in [0.717, 1.165) is 32.1 Å². The van der Waals surface area contributed by atoms with Crippen LogP contribution in [-0.4, -0.2) is 82.1 Å². The lowest BCUT2D eigenvalue weighted by molar-refractivity contribution is -0.178. The Balaban J connectivity index is 2.49. The first-order valence-corrected chi connectivity index (χ1v) is 18.7. The van der Waals surface area contributed by atoms with Crippen molar-refractivity contribution >= 4 is 35.8 Å². The molecule has 0 fully saturated rings. The topological polar surface area (TPSA) is 176 Å². The molecule has 312 valence electrons. The van der Waals surface area contributed by atoms with Gasteiger partial charge in [0, 0.05) is 16.7 Å². The third-order valence-electron chi connectivity index (χ3n) is 8.08. The number of hydrogen-bond acceptors (Lipinski definition) is 14. The van der Waals surface area contributed by atoms with Gasteiger partial charge in [-0.05, 0) is 69.5 Å². The van der Waals surface area contributed by atoms with Crippen molar-refractivity contribution in [3.05, 3.63) is 72.1 Å². The van der Waals surface area contributed by atoms with Crippen molar-refractivity contribution in [1.82, 2.24) is 0 Å². The molecule has 57 heavy (non-hydrogen) atoms. The second kappa shape index (κ2) is 24.7. The van der Waals surface area contributed by atoms with E-state index in [4.69, 9.17) is 37.9 Å². The van der Waals surface area contributed by atoms with Gasteiger partial charge >= 0.3 is 35.8 Å². The number of halogens is 1. The van der Waals surface area contributed by atoms with Gasteiger partial charge in [0.05, 0.1) is 19.8 Å². The summed E-state index contributed by atoms with van der Waals surface area (Å²) in [6.07, 6.45) is 6.38. The predicted molar refractivity (Wildman–Crippen MR) is 204 cm³/mol. The van der Waals surface area contributed by atoms with Gasteiger partial charge in [-0.2, -0.15) is 0 Å². The first-order chi connectivity index (χ1) is 27.2. The molecule has 2 aromatic rings. The summed E-state index contributed by atoms with van der Waals surface area (Å²) in [7, 11) is 0. The largest absolute Gasteiger partial charge is 0.492 e. The summed E-state index contributed by atoms with van der Waals surface area (Å²) in [6.45, 7) is 12.1. The molecule has 0 unspecified atom stereocenters.